The molecule has 0 radical (unpaired) electrons. The molecular weight excluding hydrogens is 294 g/mol. The molecule has 6 heteroatoms. The van der Waals surface area contributed by atoms with E-state index in [1.807, 2.05) is 13.8 Å². The number of halogens is 1. The fourth-order valence-electron chi connectivity index (χ4n) is 2.10. The summed E-state index contributed by atoms with van der Waals surface area (Å²) in [6, 6.07) is 3.37. The molecule has 1 aromatic carbocycles. The predicted octanol–water partition coefficient (Wildman–Crippen LogP) is 2.86. The van der Waals surface area contributed by atoms with Gasteiger partial charge in [0.2, 0.25) is 5.91 Å². The maximum Gasteiger partial charge on any atom is 0.245 e. The highest BCUT2D eigenvalue weighted by Crippen LogP contribution is 2.41. The molecule has 0 spiro atoms. The number of benzene rings is 1. The van der Waals surface area contributed by atoms with Gasteiger partial charge in [0.1, 0.15) is 22.6 Å². The van der Waals surface area contributed by atoms with Gasteiger partial charge in [0.15, 0.2) is 0 Å². The molecule has 1 rings (SSSR count). The van der Waals surface area contributed by atoms with Crippen LogP contribution in [0.3, 0.4) is 0 Å². The van der Waals surface area contributed by atoms with Gasteiger partial charge in [0.05, 0.1) is 26.9 Å². The summed E-state index contributed by atoms with van der Waals surface area (Å²) < 4.78 is 15.9. The number of alkyl halides is 1. The van der Waals surface area contributed by atoms with Crippen LogP contribution in [-0.2, 0) is 4.79 Å². The SMILES string of the molecule is CCN(CC)C(=O)C(Cl)c1c(OC)cc(OC)cc1OC. The highest BCUT2D eigenvalue weighted by atomic mass is 35.5. The third-order valence-corrected chi connectivity index (χ3v) is 3.70. The Morgan fingerprint density at radius 3 is 1.90 bits per heavy atom. The second kappa shape index (κ2) is 7.98. The van der Waals surface area contributed by atoms with E-state index >= 15 is 0 Å². The van der Waals surface area contributed by atoms with Crippen molar-refractivity contribution in [1.82, 2.24) is 4.90 Å². The second-order valence-corrected chi connectivity index (χ2v) is 4.76. The zero-order valence-corrected chi connectivity index (χ0v) is 13.9. The van der Waals surface area contributed by atoms with Crippen molar-refractivity contribution in [2.24, 2.45) is 0 Å². The molecule has 0 aliphatic carbocycles. The Morgan fingerprint density at radius 2 is 1.57 bits per heavy atom. The lowest BCUT2D eigenvalue weighted by Crippen LogP contribution is -2.33. The van der Waals surface area contributed by atoms with Crippen molar-refractivity contribution in [2.45, 2.75) is 19.2 Å². The summed E-state index contributed by atoms with van der Waals surface area (Å²) in [7, 11) is 4.58. The number of likely N-dealkylation sites (N-methyl/N-ethyl adjacent to an activating group) is 1. The van der Waals surface area contributed by atoms with Crippen molar-refractivity contribution in [2.75, 3.05) is 34.4 Å². The van der Waals surface area contributed by atoms with Crippen LogP contribution < -0.4 is 14.2 Å². The summed E-state index contributed by atoms with van der Waals surface area (Å²) in [6.07, 6.45) is 0. The summed E-state index contributed by atoms with van der Waals surface area (Å²) in [5.41, 5.74) is 0.513. The lowest BCUT2D eigenvalue weighted by molar-refractivity contribution is -0.130. The monoisotopic (exact) mass is 315 g/mol. The third kappa shape index (κ3) is 3.73. The lowest BCUT2D eigenvalue weighted by Gasteiger charge is -2.24. The molecule has 5 nitrogen and oxygen atoms in total. The van der Waals surface area contributed by atoms with Crippen LogP contribution in [0.25, 0.3) is 0 Å². The highest BCUT2D eigenvalue weighted by molar-refractivity contribution is 6.31. The van der Waals surface area contributed by atoms with E-state index in [0.717, 1.165) is 0 Å². The molecule has 0 bridgehead atoms. The Kier molecular flexibility index (Phi) is 6.62. The zero-order chi connectivity index (χ0) is 16.0. The third-order valence-electron chi connectivity index (χ3n) is 3.30. The summed E-state index contributed by atoms with van der Waals surface area (Å²) in [4.78, 5) is 14.1. The average molecular weight is 316 g/mol. The van der Waals surface area contributed by atoms with Crippen LogP contribution in [0.1, 0.15) is 24.8 Å². The molecule has 0 aromatic heterocycles. The molecular formula is C15H22ClNO4. The molecule has 0 saturated heterocycles. The van der Waals surface area contributed by atoms with Gasteiger partial charge in [-0.2, -0.15) is 0 Å². The number of methoxy groups -OCH3 is 3. The molecule has 0 saturated carbocycles. The largest absolute Gasteiger partial charge is 0.496 e. The molecule has 118 valence electrons. The molecule has 1 atom stereocenters. The number of ether oxygens (including phenoxy) is 3. The van der Waals surface area contributed by atoms with Gasteiger partial charge < -0.3 is 19.1 Å². The van der Waals surface area contributed by atoms with Crippen LogP contribution >= 0.6 is 11.6 Å². The van der Waals surface area contributed by atoms with Gasteiger partial charge in [0, 0.05) is 25.2 Å². The number of carbonyl (C=O) groups excluding carboxylic acids is 1. The van der Waals surface area contributed by atoms with Gasteiger partial charge in [-0.1, -0.05) is 0 Å². The van der Waals surface area contributed by atoms with Gasteiger partial charge in [0.25, 0.3) is 0 Å². The summed E-state index contributed by atoms with van der Waals surface area (Å²) in [5, 5.41) is -0.874. The fraction of sp³-hybridized carbons (Fsp3) is 0.533. The molecule has 21 heavy (non-hydrogen) atoms. The smallest absolute Gasteiger partial charge is 0.245 e. The number of hydrogen-bond acceptors (Lipinski definition) is 4. The van der Waals surface area contributed by atoms with E-state index in [4.69, 9.17) is 25.8 Å². The highest BCUT2D eigenvalue weighted by Gasteiger charge is 2.29. The van der Waals surface area contributed by atoms with Crippen LogP contribution in [0.5, 0.6) is 17.2 Å². The average Bonchev–Trinajstić information content (AvgIpc) is 2.53. The Balaban J connectivity index is 3.30. The topological polar surface area (TPSA) is 48.0 Å². The van der Waals surface area contributed by atoms with Crippen molar-refractivity contribution in [1.29, 1.82) is 0 Å². The van der Waals surface area contributed by atoms with Gasteiger partial charge in [-0.05, 0) is 13.8 Å². The molecule has 0 N–H and O–H groups in total. The van der Waals surface area contributed by atoms with Gasteiger partial charge >= 0.3 is 0 Å². The first-order valence-electron chi connectivity index (χ1n) is 6.76. The zero-order valence-electron chi connectivity index (χ0n) is 13.1. The van der Waals surface area contributed by atoms with E-state index in [1.165, 1.54) is 14.2 Å². The Labute approximate surface area is 130 Å². The summed E-state index contributed by atoms with van der Waals surface area (Å²) in [6.45, 7) is 5.01. The summed E-state index contributed by atoms with van der Waals surface area (Å²) in [5.74, 6) is 1.33. The van der Waals surface area contributed by atoms with E-state index in [2.05, 4.69) is 0 Å². The molecule has 1 unspecified atom stereocenters. The van der Waals surface area contributed by atoms with Gasteiger partial charge in [-0.25, -0.2) is 0 Å². The van der Waals surface area contributed by atoms with Crippen LogP contribution in [0.15, 0.2) is 12.1 Å². The Hall–Kier alpha value is -1.62. The van der Waals surface area contributed by atoms with Crippen molar-refractivity contribution in [3.8, 4) is 17.2 Å². The van der Waals surface area contributed by atoms with Crippen LogP contribution in [0, 0.1) is 0 Å². The standard InChI is InChI=1S/C15H22ClNO4/c1-6-17(7-2)15(18)14(16)13-11(20-4)8-10(19-3)9-12(13)21-5/h8-9,14H,6-7H2,1-5H3. The minimum absolute atomic E-state index is 0.177. The Bertz CT molecular complexity index is 464. The van der Waals surface area contributed by atoms with Crippen LogP contribution in [-0.4, -0.2) is 45.2 Å². The first-order valence-corrected chi connectivity index (χ1v) is 7.20. The van der Waals surface area contributed by atoms with E-state index < -0.39 is 5.38 Å². The van der Waals surface area contributed by atoms with Crippen molar-refractivity contribution < 1.29 is 19.0 Å². The van der Waals surface area contributed by atoms with E-state index in [0.29, 0.717) is 35.9 Å². The van der Waals surface area contributed by atoms with Crippen molar-refractivity contribution in [3.05, 3.63) is 17.7 Å². The van der Waals surface area contributed by atoms with Crippen LogP contribution in [0.4, 0.5) is 0 Å². The maximum absolute atomic E-state index is 12.4. The second-order valence-electron chi connectivity index (χ2n) is 4.32. The molecule has 0 fully saturated rings. The van der Waals surface area contributed by atoms with E-state index in [1.54, 1.807) is 24.1 Å². The minimum atomic E-state index is -0.874. The number of carbonyl (C=O) groups is 1. The van der Waals surface area contributed by atoms with Gasteiger partial charge in [-0.15, -0.1) is 11.6 Å². The van der Waals surface area contributed by atoms with Gasteiger partial charge in [-0.3, -0.25) is 4.79 Å². The lowest BCUT2D eigenvalue weighted by atomic mass is 10.1. The van der Waals surface area contributed by atoms with Crippen molar-refractivity contribution in [3.63, 3.8) is 0 Å². The quantitative estimate of drug-likeness (QED) is 0.726. The normalized spacial score (nSPS) is 11.7. The first-order chi connectivity index (χ1) is 10.0. The van der Waals surface area contributed by atoms with Crippen molar-refractivity contribution >= 4 is 17.5 Å². The van der Waals surface area contributed by atoms with E-state index in [9.17, 15) is 4.79 Å². The molecule has 1 amide bonds. The molecule has 1 aromatic rings. The number of rotatable bonds is 7. The maximum atomic E-state index is 12.4. The first kappa shape index (κ1) is 17.4. The summed E-state index contributed by atoms with van der Waals surface area (Å²) >= 11 is 6.38. The predicted molar refractivity (Wildman–Crippen MR) is 82.6 cm³/mol. The molecule has 0 aliphatic rings. The molecule has 0 heterocycles. The number of hydrogen-bond donors (Lipinski definition) is 0. The Morgan fingerprint density at radius 1 is 1.10 bits per heavy atom. The molecule has 0 aliphatic heterocycles. The van der Waals surface area contributed by atoms with Crippen LogP contribution in [0.2, 0.25) is 0 Å². The number of amides is 1. The van der Waals surface area contributed by atoms with E-state index in [-0.39, 0.29) is 5.91 Å². The number of nitrogens with zero attached hydrogens (tertiary/aromatic N) is 1. The fourth-order valence-corrected chi connectivity index (χ4v) is 2.45. The minimum Gasteiger partial charge on any atom is -0.496 e.